The van der Waals surface area contributed by atoms with E-state index in [0.717, 1.165) is 0 Å². The van der Waals surface area contributed by atoms with E-state index in [1.54, 1.807) is 6.08 Å². The number of alkyl halides is 3. The van der Waals surface area contributed by atoms with Crippen LogP contribution in [0.1, 0.15) is 33.6 Å². The van der Waals surface area contributed by atoms with Gasteiger partial charge >= 0.3 is 0 Å². The minimum atomic E-state index is -2.92. The number of hydrogen-bond acceptors (Lipinski definition) is 1. The fraction of sp³-hybridized carbons (Fsp3) is 0.647. The van der Waals surface area contributed by atoms with Gasteiger partial charge in [0, 0.05) is 0 Å². The Morgan fingerprint density at radius 2 is 1.73 bits per heavy atom. The second kappa shape index (κ2) is 6.75. The van der Waals surface area contributed by atoms with Gasteiger partial charge in [-0.25, -0.2) is 13.2 Å². The standard InChI is InChI=1S/C17H27F3OSi/c1-7-17(6)16(4,5)13(10-11-14(18)15(19)20)12-22(8-2,9-3)21-17/h7-9,13-15H,1-3,10-12H2,4-6H3. The van der Waals surface area contributed by atoms with Crippen LogP contribution in [0.4, 0.5) is 13.2 Å². The van der Waals surface area contributed by atoms with Gasteiger partial charge in [-0.1, -0.05) is 31.3 Å². The zero-order valence-corrected chi connectivity index (χ0v) is 14.7. The molecule has 0 radical (unpaired) electrons. The van der Waals surface area contributed by atoms with Crippen LogP contribution in [-0.4, -0.2) is 26.5 Å². The van der Waals surface area contributed by atoms with Gasteiger partial charge in [-0.3, -0.25) is 0 Å². The topological polar surface area (TPSA) is 9.23 Å². The Balaban J connectivity index is 3.08. The van der Waals surface area contributed by atoms with Crippen LogP contribution in [0.25, 0.3) is 0 Å². The fourth-order valence-electron chi connectivity index (χ4n) is 3.20. The molecule has 1 aliphatic heterocycles. The summed E-state index contributed by atoms with van der Waals surface area (Å²) in [7, 11) is -2.39. The van der Waals surface area contributed by atoms with Crippen molar-refractivity contribution in [1.82, 2.24) is 0 Å². The molecular weight excluding hydrogens is 305 g/mol. The fourth-order valence-corrected chi connectivity index (χ4v) is 6.57. The van der Waals surface area contributed by atoms with Crippen LogP contribution >= 0.6 is 0 Å². The van der Waals surface area contributed by atoms with Crippen LogP contribution < -0.4 is 0 Å². The van der Waals surface area contributed by atoms with Crippen LogP contribution in [0.5, 0.6) is 0 Å². The summed E-state index contributed by atoms with van der Waals surface area (Å²) in [6.07, 6.45) is -2.99. The van der Waals surface area contributed by atoms with E-state index in [-0.39, 0.29) is 17.8 Å². The number of hydrogen-bond donors (Lipinski definition) is 0. The van der Waals surface area contributed by atoms with Crippen LogP contribution in [0, 0.1) is 11.3 Å². The van der Waals surface area contributed by atoms with Crippen LogP contribution in [0.2, 0.25) is 6.04 Å². The van der Waals surface area contributed by atoms with Gasteiger partial charge in [-0.15, -0.1) is 19.7 Å². The normalized spacial score (nSPS) is 31.5. The monoisotopic (exact) mass is 332 g/mol. The molecule has 3 unspecified atom stereocenters. The first-order valence-corrected chi connectivity index (χ1v) is 9.87. The molecule has 1 saturated heterocycles. The van der Waals surface area contributed by atoms with Crippen LogP contribution in [0.3, 0.4) is 0 Å². The first kappa shape index (κ1) is 19.2. The van der Waals surface area contributed by atoms with Gasteiger partial charge in [-0.2, -0.15) is 0 Å². The van der Waals surface area contributed by atoms with E-state index in [9.17, 15) is 13.2 Å². The van der Waals surface area contributed by atoms with Gasteiger partial charge in [0.2, 0.25) is 8.32 Å². The van der Waals surface area contributed by atoms with Gasteiger partial charge in [0.25, 0.3) is 6.43 Å². The molecule has 0 bridgehead atoms. The zero-order valence-electron chi connectivity index (χ0n) is 13.7. The summed E-state index contributed by atoms with van der Waals surface area (Å²) in [6, 6.07) is 0.687. The second-order valence-electron chi connectivity index (χ2n) is 6.83. The van der Waals surface area contributed by atoms with Crippen molar-refractivity contribution in [2.45, 2.75) is 57.9 Å². The Kier molecular flexibility index (Phi) is 5.90. The molecule has 1 heterocycles. The maximum atomic E-state index is 13.3. The van der Waals surface area contributed by atoms with Crippen molar-refractivity contribution in [2.24, 2.45) is 11.3 Å². The summed E-state index contributed by atoms with van der Waals surface area (Å²) < 4.78 is 44.6. The average molecular weight is 332 g/mol. The number of rotatable bonds is 7. The predicted molar refractivity (Wildman–Crippen MR) is 88.0 cm³/mol. The molecule has 0 aromatic rings. The second-order valence-corrected chi connectivity index (χ2v) is 10.2. The van der Waals surface area contributed by atoms with Gasteiger partial charge < -0.3 is 4.43 Å². The smallest absolute Gasteiger partial charge is 0.269 e. The van der Waals surface area contributed by atoms with Crippen LogP contribution in [0.15, 0.2) is 37.2 Å². The van der Waals surface area contributed by atoms with E-state index in [0.29, 0.717) is 12.5 Å². The van der Waals surface area contributed by atoms with E-state index in [4.69, 9.17) is 4.43 Å². The summed E-state index contributed by atoms with van der Waals surface area (Å²) in [5.74, 6) is 0.0453. The highest BCUT2D eigenvalue weighted by Crippen LogP contribution is 2.53. The highest BCUT2D eigenvalue weighted by atomic mass is 28.4. The minimum Gasteiger partial charge on any atom is -0.400 e. The van der Waals surface area contributed by atoms with E-state index >= 15 is 0 Å². The zero-order chi connectivity index (χ0) is 17.2. The van der Waals surface area contributed by atoms with Crippen molar-refractivity contribution in [3.63, 3.8) is 0 Å². The van der Waals surface area contributed by atoms with E-state index in [1.165, 1.54) is 0 Å². The molecule has 0 aromatic carbocycles. The minimum absolute atomic E-state index is 0.0453. The van der Waals surface area contributed by atoms with Crippen molar-refractivity contribution in [2.75, 3.05) is 0 Å². The highest BCUT2D eigenvalue weighted by Gasteiger charge is 2.55. The lowest BCUT2D eigenvalue weighted by Gasteiger charge is -2.56. The van der Waals surface area contributed by atoms with Crippen molar-refractivity contribution < 1.29 is 17.6 Å². The van der Waals surface area contributed by atoms with Crippen LogP contribution in [-0.2, 0) is 4.43 Å². The third kappa shape index (κ3) is 3.40. The Morgan fingerprint density at radius 1 is 1.18 bits per heavy atom. The molecule has 0 saturated carbocycles. The Labute approximate surface area is 133 Å². The number of halogens is 3. The maximum Gasteiger partial charge on any atom is 0.269 e. The first-order chi connectivity index (χ1) is 10.1. The molecule has 3 atom stereocenters. The molecular formula is C17H27F3OSi. The third-order valence-electron chi connectivity index (χ3n) is 5.41. The molecule has 1 rings (SSSR count). The molecule has 5 heteroatoms. The average Bonchev–Trinajstić information content (AvgIpc) is 2.48. The Hall–Kier alpha value is -0.813. The van der Waals surface area contributed by atoms with E-state index < -0.39 is 26.5 Å². The van der Waals surface area contributed by atoms with Gasteiger partial charge in [-0.05, 0) is 37.1 Å². The summed E-state index contributed by atoms with van der Waals surface area (Å²) in [4.78, 5) is 0. The summed E-state index contributed by atoms with van der Waals surface area (Å²) in [6.45, 7) is 17.6. The maximum absolute atomic E-state index is 13.3. The highest BCUT2D eigenvalue weighted by molar-refractivity contribution is 6.83. The lowest BCUT2D eigenvalue weighted by atomic mass is 9.66. The van der Waals surface area contributed by atoms with Crippen molar-refractivity contribution in [1.29, 1.82) is 0 Å². The Morgan fingerprint density at radius 3 is 2.14 bits per heavy atom. The molecule has 1 aliphatic rings. The molecule has 22 heavy (non-hydrogen) atoms. The van der Waals surface area contributed by atoms with Crippen molar-refractivity contribution in [3.8, 4) is 0 Å². The molecule has 0 aromatic heterocycles. The molecule has 0 amide bonds. The van der Waals surface area contributed by atoms with Crippen molar-refractivity contribution in [3.05, 3.63) is 37.2 Å². The summed E-state index contributed by atoms with van der Waals surface area (Å²) >= 11 is 0. The molecule has 126 valence electrons. The van der Waals surface area contributed by atoms with E-state index in [1.807, 2.05) is 32.2 Å². The quantitative estimate of drug-likeness (QED) is 0.449. The molecule has 1 nitrogen and oxygen atoms in total. The van der Waals surface area contributed by atoms with E-state index in [2.05, 4.69) is 19.7 Å². The Bertz CT molecular complexity index is 428. The lowest BCUT2D eigenvalue weighted by Crippen LogP contribution is -2.60. The lowest BCUT2D eigenvalue weighted by molar-refractivity contribution is -0.0547. The molecule has 0 spiro atoms. The van der Waals surface area contributed by atoms with Gasteiger partial charge in [0.05, 0.1) is 5.60 Å². The summed E-state index contributed by atoms with van der Waals surface area (Å²) in [5.41, 5.74) is 2.66. The summed E-state index contributed by atoms with van der Waals surface area (Å²) in [5, 5.41) is 0. The molecule has 0 N–H and O–H groups in total. The van der Waals surface area contributed by atoms with Crippen molar-refractivity contribution >= 4 is 8.32 Å². The SMILES string of the molecule is C=CC1(C)O[Si](C=C)(C=C)CC(CCC(F)C(F)F)C1(C)C. The largest absolute Gasteiger partial charge is 0.400 e. The third-order valence-corrected chi connectivity index (χ3v) is 8.73. The predicted octanol–water partition coefficient (Wildman–Crippen LogP) is 5.38. The molecule has 0 aliphatic carbocycles. The first-order valence-electron chi connectivity index (χ1n) is 7.60. The van der Waals surface area contributed by atoms with Gasteiger partial charge in [0.1, 0.15) is 0 Å². The van der Waals surface area contributed by atoms with Gasteiger partial charge in [0.15, 0.2) is 6.17 Å². The molecule has 1 fully saturated rings.